The first-order valence-electron chi connectivity index (χ1n) is 8.12. The maximum Gasteiger partial charge on any atom is 0.431 e. The molecule has 2 aromatic heterocycles. The smallest absolute Gasteiger partial charge is 0.431 e. The van der Waals surface area contributed by atoms with Crippen LogP contribution in [0.2, 0.25) is 5.02 Å². The molecule has 0 spiro atoms. The number of carbonyl (C=O) groups excluding carboxylic acids is 1. The van der Waals surface area contributed by atoms with E-state index in [4.69, 9.17) is 22.1 Å². The molecule has 1 amide bonds. The zero-order chi connectivity index (χ0) is 21.2. The van der Waals surface area contributed by atoms with Crippen molar-refractivity contribution < 1.29 is 22.7 Å². The molecule has 0 fully saturated rings. The first kappa shape index (κ1) is 20.4. The summed E-state index contributed by atoms with van der Waals surface area (Å²) in [6.07, 6.45) is -1.79. The van der Waals surface area contributed by atoms with Gasteiger partial charge in [-0.15, -0.1) is 0 Å². The minimum Gasteiger partial charge on any atom is -0.489 e. The number of aromatic nitrogens is 2. The van der Waals surface area contributed by atoms with E-state index in [1.54, 1.807) is 17.2 Å². The van der Waals surface area contributed by atoms with Crippen molar-refractivity contribution in [1.29, 1.82) is 0 Å². The molecule has 0 radical (unpaired) electrons. The lowest BCUT2D eigenvalue weighted by molar-refractivity contribution is -0.140. The highest BCUT2D eigenvalue weighted by atomic mass is 35.5. The number of nitrogens with zero attached hydrogens (tertiary/aromatic N) is 1. The van der Waals surface area contributed by atoms with Crippen molar-refractivity contribution >= 4 is 17.5 Å². The van der Waals surface area contributed by atoms with Crippen LogP contribution in [0.1, 0.15) is 21.6 Å². The molecule has 3 aromatic rings. The van der Waals surface area contributed by atoms with Crippen molar-refractivity contribution in [2.75, 3.05) is 0 Å². The third kappa shape index (κ3) is 4.75. The van der Waals surface area contributed by atoms with Gasteiger partial charge in [0.2, 0.25) is 0 Å². The van der Waals surface area contributed by atoms with Gasteiger partial charge in [-0.3, -0.25) is 14.6 Å². The minimum absolute atomic E-state index is 0.118. The molecule has 0 saturated carbocycles. The fourth-order valence-corrected chi connectivity index (χ4v) is 2.79. The van der Waals surface area contributed by atoms with Crippen LogP contribution in [-0.2, 0) is 12.8 Å². The Bertz CT molecular complexity index is 1110. The quantitative estimate of drug-likeness (QED) is 0.652. The van der Waals surface area contributed by atoms with Crippen LogP contribution in [-0.4, -0.2) is 15.9 Å². The summed E-state index contributed by atoms with van der Waals surface area (Å²) >= 11 is 5.84. The van der Waals surface area contributed by atoms with Crippen molar-refractivity contribution in [2.45, 2.75) is 12.8 Å². The number of alkyl halides is 3. The van der Waals surface area contributed by atoms with Crippen molar-refractivity contribution in [2.24, 2.45) is 5.73 Å². The average molecular weight is 424 g/mol. The van der Waals surface area contributed by atoms with Crippen LogP contribution in [0.25, 0.3) is 11.1 Å². The molecule has 1 aromatic carbocycles. The Morgan fingerprint density at radius 2 is 1.86 bits per heavy atom. The molecule has 6 nitrogen and oxygen atoms in total. The zero-order valence-corrected chi connectivity index (χ0v) is 15.3. The van der Waals surface area contributed by atoms with Crippen molar-refractivity contribution in [1.82, 2.24) is 9.97 Å². The van der Waals surface area contributed by atoms with Gasteiger partial charge in [0.25, 0.3) is 11.5 Å². The second-order valence-electron chi connectivity index (χ2n) is 5.99. The third-order valence-electron chi connectivity index (χ3n) is 3.92. The number of aromatic amines is 1. The van der Waals surface area contributed by atoms with E-state index >= 15 is 0 Å². The normalized spacial score (nSPS) is 11.3. The maximum absolute atomic E-state index is 13.3. The number of halogens is 4. The van der Waals surface area contributed by atoms with Crippen LogP contribution in [0, 0.1) is 0 Å². The SMILES string of the molecule is NC(=O)c1cc(-c2ccc(OCc3cncc(Cl)c3)cc2)c(C(F)(F)F)[nH]c1=O. The van der Waals surface area contributed by atoms with Crippen LogP contribution in [0.5, 0.6) is 5.75 Å². The van der Waals surface area contributed by atoms with Gasteiger partial charge in [0.1, 0.15) is 23.6 Å². The molecule has 0 atom stereocenters. The molecule has 0 bridgehead atoms. The van der Waals surface area contributed by atoms with Gasteiger partial charge in [-0.25, -0.2) is 0 Å². The Labute approximate surface area is 167 Å². The summed E-state index contributed by atoms with van der Waals surface area (Å²) in [5.41, 5.74) is 2.49. The molecular formula is C19H13ClF3N3O3. The van der Waals surface area contributed by atoms with Gasteiger partial charge in [0, 0.05) is 23.5 Å². The second-order valence-corrected chi connectivity index (χ2v) is 6.42. The summed E-state index contributed by atoms with van der Waals surface area (Å²) in [7, 11) is 0. The number of rotatable bonds is 5. The van der Waals surface area contributed by atoms with Gasteiger partial charge in [0.15, 0.2) is 0 Å². The molecule has 10 heteroatoms. The number of primary amides is 1. The molecule has 0 aliphatic heterocycles. The Morgan fingerprint density at radius 1 is 1.17 bits per heavy atom. The zero-order valence-electron chi connectivity index (χ0n) is 14.6. The average Bonchev–Trinajstić information content (AvgIpc) is 2.66. The highest BCUT2D eigenvalue weighted by molar-refractivity contribution is 6.30. The molecule has 0 unspecified atom stereocenters. The number of nitrogens with one attached hydrogen (secondary N) is 1. The van der Waals surface area contributed by atoms with E-state index in [2.05, 4.69) is 4.98 Å². The van der Waals surface area contributed by atoms with Crippen LogP contribution >= 0.6 is 11.6 Å². The minimum atomic E-state index is -4.83. The lowest BCUT2D eigenvalue weighted by Crippen LogP contribution is -2.27. The van der Waals surface area contributed by atoms with Gasteiger partial charge in [0.05, 0.1) is 5.02 Å². The summed E-state index contributed by atoms with van der Waals surface area (Å²) < 4.78 is 45.6. The molecule has 150 valence electrons. The Balaban J connectivity index is 1.91. The molecule has 0 saturated heterocycles. The summed E-state index contributed by atoms with van der Waals surface area (Å²) in [6.45, 7) is 0.158. The number of ether oxygens (including phenoxy) is 1. The van der Waals surface area contributed by atoms with E-state index in [1.807, 2.05) is 0 Å². The summed E-state index contributed by atoms with van der Waals surface area (Å²) in [5, 5.41) is 0.449. The molecule has 2 heterocycles. The fraction of sp³-hybridized carbons (Fsp3) is 0.105. The lowest BCUT2D eigenvalue weighted by Gasteiger charge is -2.14. The number of nitrogens with two attached hydrogens (primary N) is 1. The number of amides is 1. The number of benzene rings is 1. The number of H-pyrrole nitrogens is 1. The van der Waals surface area contributed by atoms with Gasteiger partial charge < -0.3 is 15.5 Å². The van der Waals surface area contributed by atoms with E-state index in [-0.39, 0.29) is 17.7 Å². The Morgan fingerprint density at radius 3 is 2.45 bits per heavy atom. The monoisotopic (exact) mass is 423 g/mol. The van der Waals surface area contributed by atoms with E-state index < -0.39 is 28.9 Å². The number of hydrogen-bond acceptors (Lipinski definition) is 4. The van der Waals surface area contributed by atoms with Crippen LogP contribution in [0.15, 0.2) is 53.6 Å². The largest absolute Gasteiger partial charge is 0.489 e. The predicted octanol–water partition coefficient (Wildman–Crippen LogP) is 3.79. The van der Waals surface area contributed by atoms with E-state index in [0.717, 1.165) is 6.07 Å². The molecule has 3 rings (SSSR count). The second kappa shape index (κ2) is 7.96. The van der Waals surface area contributed by atoms with Crippen molar-refractivity contribution in [3.63, 3.8) is 0 Å². The van der Waals surface area contributed by atoms with Gasteiger partial charge >= 0.3 is 6.18 Å². The number of hydrogen-bond donors (Lipinski definition) is 2. The highest BCUT2D eigenvalue weighted by Gasteiger charge is 2.36. The predicted molar refractivity (Wildman–Crippen MR) is 99.6 cm³/mol. The van der Waals surface area contributed by atoms with Gasteiger partial charge in [-0.05, 0) is 29.8 Å². The molecule has 3 N–H and O–H groups in total. The Kier molecular flexibility index (Phi) is 5.60. The molecule has 0 aliphatic carbocycles. The molecule has 29 heavy (non-hydrogen) atoms. The molecular weight excluding hydrogens is 411 g/mol. The van der Waals surface area contributed by atoms with Gasteiger partial charge in [-0.2, -0.15) is 13.2 Å². The fourth-order valence-electron chi connectivity index (χ4n) is 2.60. The van der Waals surface area contributed by atoms with Crippen LogP contribution in [0.4, 0.5) is 13.2 Å². The maximum atomic E-state index is 13.3. The van der Waals surface area contributed by atoms with Crippen molar-refractivity contribution in [3.05, 3.63) is 81.0 Å². The first-order valence-corrected chi connectivity index (χ1v) is 8.50. The first-order chi connectivity index (χ1) is 13.6. The summed E-state index contributed by atoms with van der Waals surface area (Å²) in [6, 6.07) is 8.17. The van der Waals surface area contributed by atoms with E-state index in [1.165, 1.54) is 30.5 Å². The number of carbonyl (C=O) groups is 1. The summed E-state index contributed by atoms with van der Waals surface area (Å²) in [5.74, 6) is -0.738. The van der Waals surface area contributed by atoms with Crippen LogP contribution < -0.4 is 16.0 Å². The Hall–Kier alpha value is -3.33. The summed E-state index contributed by atoms with van der Waals surface area (Å²) in [4.78, 5) is 28.7. The highest BCUT2D eigenvalue weighted by Crippen LogP contribution is 2.35. The number of pyridine rings is 2. The van der Waals surface area contributed by atoms with Crippen molar-refractivity contribution in [3.8, 4) is 16.9 Å². The van der Waals surface area contributed by atoms with Crippen LogP contribution in [0.3, 0.4) is 0 Å². The van der Waals surface area contributed by atoms with Gasteiger partial charge in [-0.1, -0.05) is 23.7 Å². The topological polar surface area (TPSA) is 98.1 Å². The lowest BCUT2D eigenvalue weighted by atomic mass is 10.0. The van der Waals surface area contributed by atoms with E-state index in [0.29, 0.717) is 16.3 Å². The van der Waals surface area contributed by atoms with E-state index in [9.17, 15) is 22.8 Å². The molecule has 0 aliphatic rings. The standard InChI is InChI=1S/C19H13ClF3N3O3/c20-12-5-10(7-25-8-12)9-29-13-3-1-11(2-4-13)14-6-15(17(24)27)18(28)26-16(14)19(21,22)23/h1-8H,9H2,(H2,24,27)(H,26,28). The third-order valence-corrected chi connectivity index (χ3v) is 4.13.